The third kappa shape index (κ3) is 2.00. The van der Waals surface area contributed by atoms with E-state index in [-0.39, 0.29) is 11.5 Å². The highest BCUT2D eigenvalue weighted by Gasteiger charge is 2.29. The Morgan fingerprint density at radius 2 is 2.04 bits per heavy atom. The number of carbonyl (C=O) groups is 1. The van der Waals surface area contributed by atoms with Gasteiger partial charge < -0.3 is 10.8 Å². The van der Waals surface area contributed by atoms with Gasteiger partial charge in [-0.05, 0) is 37.1 Å². The van der Waals surface area contributed by atoms with Crippen LogP contribution >= 0.6 is 0 Å². The number of aryl methyl sites for hydroxylation is 1. The van der Waals surface area contributed by atoms with Crippen LogP contribution in [0.3, 0.4) is 0 Å². The molecule has 0 aliphatic heterocycles. The fraction of sp³-hybridized carbons (Fsp3) is 0.125. The Labute approximate surface area is 136 Å². The minimum atomic E-state index is -1.04. The molecule has 0 unspecified atom stereocenters. The van der Waals surface area contributed by atoms with E-state index < -0.39 is 5.97 Å². The molecule has 4 rings (SSSR count). The van der Waals surface area contributed by atoms with Gasteiger partial charge in [0.05, 0.1) is 17.6 Å². The molecule has 2 aromatic heterocycles. The molecule has 0 fully saturated rings. The first-order chi connectivity index (χ1) is 11.6. The summed E-state index contributed by atoms with van der Waals surface area (Å²) in [5.41, 5.74) is 10.1. The molecule has 1 aliphatic carbocycles. The number of aromatic amines is 1. The van der Waals surface area contributed by atoms with Crippen LogP contribution in [0.25, 0.3) is 16.9 Å². The Morgan fingerprint density at radius 3 is 2.71 bits per heavy atom. The lowest BCUT2D eigenvalue weighted by atomic mass is 9.94. The number of nitrogen functional groups attached to an aromatic ring is 1. The van der Waals surface area contributed by atoms with Crippen molar-refractivity contribution < 1.29 is 9.90 Å². The highest BCUT2D eigenvalue weighted by atomic mass is 16.4. The van der Waals surface area contributed by atoms with Gasteiger partial charge in [0.25, 0.3) is 0 Å². The minimum absolute atomic E-state index is 0.0209. The molecule has 8 heteroatoms. The largest absolute Gasteiger partial charge is 0.476 e. The number of aromatic nitrogens is 4. The summed E-state index contributed by atoms with van der Waals surface area (Å²) in [7, 11) is 0. The summed E-state index contributed by atoms with van der Waals surface area (Å²) in [5, 5.41) is 28.3. The van der Waals surface area contributed by atoms with Gasteiger partial charge in [-0.3, -0.25) is 10.5 Å². The zero-order chi connectivity index (χ0) is 16.8. The second kappa shape index (κ2) is 5.05. The number of aromatic carboxylic acids is 1. The molecule has 0 bridgehead atoms. The molecule has 5 N–H and O–H groups in total. The van der Waals surface area contributed by atoms with Crippen LogP contribution in [0, 0.1) is 5.41 Å². The minimum Gasteiger partial charge on any atom is -0.476 e. The fourth-order valence-electron chi connectivity index (χ4n) is 3.06. The van der Waals surface area contributed by atoms with E-state index in [2.05, 4.69) is 15.3 Å². The van der Waals surface area contributed by atoms with Crippen molar-refractivity contribution in [2.45, 2.75) is 12.8 Å². The number of hydrogen-bond donors (Lipinski definition) is 4. The zero-order valence-corrected chi connectivity index (χ0v) is 12.6. The fourth-order valence-corrected chi connectivity index (χ4v) is 3.06. The van der Waals surface area contributed by atoms with Crippen LogP contribution in [0.15, 0.2) is 30.5 Å². The van der Waals surface area contributed by atoms with Crippen molar-refractivity contribution in [3.05, 3.63) is 53.0 Å². The van der Waals surface area contributed by atoms with Crippen molar-refractivity contribution in [3.63, 3.8) is 0 Å². The SMILES string of the molecule is N=C(N)c1ccc(-n2nc(C(=O)O)c3c2-c2cn[nH]c2CC3)cc1. The third-order valence-electron chi connectivity index (χ3n) is 4.21. The van der Waals surface area contributed by atoms with Crippen molar-refractivity contribution >= 4 is 11.8 Å². The first-order valence-corrected chi connectivity index (χ1v) is 7.39. The molecule has 0 radical (unpaired) electrons. The maximum atomic E-state index is 11.6. The van der Waals surface area contributed by atoms with Gasteiger partial charge in [0.1, 0.15) is 5.84 Å². The normalized spacial score (nSPS) is 12.5. The van der Waals surface area contributed by atoms with Crippen LogP contribution in [-0.4, -0.2) is 36.9 Å². The van der Waals surface area contributed by atoms with E-state index in [9.17, 15) is 9.90 Å². The molecule has 0 saturated heterocycles. The molecular formula is C16H14N6O2. The molecule has 0 spiro atoms. The van der Waals surface area contributed by atoms with E-state index in [1.807, 2.05) is 0 Å². The number of H-pyrrole nitrogens is 1. The van der Waals surface area contributed by atoms with Crippen LogP contribution in [0.5, 0.6) is 0 Å². The quantitative estimate of drug-likeness (QED) is 0.426. The molecule has 0 amide bonds. The number of amidine groups is 1. The van der Waals surface area contributed by atoms with Gasteiger partial charge in [0, 0.05) is 22.4 Å². The summed E-state index contributed by atoms with van der Waals surface area (Å²) in [4.78, 5) is 11.6. The monoisotopic (exact) mass is 322 g/mol. The van der Waals surface area contributed by atoms with Crippen LogP contribution in [0.4, 0.5) is 0 Å². The lowest BCUT2D eigenvalue weighted by Crippen LogP contribution is -2.11. The average Bonchev–Trinajstić information content (AvgIpc) is 3.18. The Morgan fingerprint density at radius 1 is 1.29 bits per heavy atom. The lowest BCUT2D eigenvalue weighted by Gasteiger charge is -2.14. The second-order valence-electron chi connectivity index (χ2n) is 5.62. The number of benzene rings is 1. The number of rotatable bonds is 3. The Kier molecular flexibility index (Phi) is 2.99. The molecular weight excluding hydrogens is 308 g/mol. The molecule has 2 heterocycles. The highest BCUT2D eigenvalue weighted by molar-refractivity contribution is 5.95. The van der Waals surface area contributed by atoms with Crippen molar-refractivity contribution in [1.82, 2.24) is 20.0 Å². The summed E-state index contributed by atoms with van der Waals surface area (Å²) in [6.45, 7) is 0. The summed E-state index contributed by atoms with van der Waals surface area (Å²) in [5.74, 6) is -1.07. The average molecular weight is 322 g/mol. The topological polar surface area (TPSA) is 134 Å². The van der Waals surface area contributed by atoms with Gasteiger partial charge in [-0.25, -0.2) is 9.48 Å². The number of nitrogens with one attached hydrogen (secondary N) is 2. The molecule has 1 aliphatic rings. The summed E-state index contributed by atoms with van der Waals surface area (Å²) >= 11 is 0. The van der Waals surface area contributed by atoms with Gasteiger partial charge in [0.15, 0.2) is 5.69 Å². The van der Waals surface area contributed by atoms with Gasteiger partial charge >= 0.3 is 5.97 Å². The number of nitrogens with two attached hydrogens (primary N) is 1. The maximum Gasteiger partial charge on any atom is 0.356 e. The van der Waals surface area contributed by atoms with Gasteiger partial charge in [-0.2, -0.15) is 10.2 Å². The number of fused-ring (bicyclic) bond motifs is 3. The summed E-state index contributed by atoms with van der Waals surface area (Å²) < 4.78 is 1.62. The second-order valence-corrected chi connectivity index (χ2v) is 5.62. The van der Waals surface area contributed by atoms with Crippen LogP contribution < -0.4 is 5.73 Å². The Hall–Kier alpha value is -3.42. The molecule has 24 heavy (non-hydrogen) atoms. The van der Waals surface area contributed by atoms with E-state index in [4.69, 9.17) is 11.1 Å². The molecule has 1 aromatic carbocycles. The van der Waals surface area contributed by atoms with E-state index >= 15 is 0 Å². The van der Waals surface area contributed by atoms with Gasteiger partial charge in [0.2, 0.25) is 0 Å². The van der Waals surface area contributed by atoms with E-state index in [0.29, 0.717) is 29.7 Å². The van der Waals surface area contributed by atoms with Crippen LogP contribution in [0.2, 0.25) is 0 Å². The summed E-state index contributed by atoms with van der Waals surface area (Å²) in [6, 6.07) is 6.96. The molecule has 0 saturated carbocycles. The first kappa shape index (κ1) is 14.2. The number of hydrogen-bond acceptors (Lipinski definition) is 4. The standard InChI is InChI=1S/C16H14N6O2/c17-15(18)8-1-3-9(4-2-8)22-14-10(13(21-22)16(23)24)5-6-12-11(14)7-19-20-12/h1-4,7H,5-6H2,(H3,17,18)(H,19,20)(H,23,24). The summed E-state index contributed by atoms with van der Waals surface area (Å²) in [6.07, 6.45) is 3.00. The number of nitrogens with zero attached hydrogens (tertiary/aromatic N) is 3. The zero-order valence-electron chi connectivity index (χ0n) is 12.6. The van der Waals surface area contributed by atoms with Gasteiger partial charge in [-0.1, -0.05) is 0 Å². The smallest absolute Gasteiger partial charge is 0.356 e. The van der Waals surface area contributed by atoms with E-state index in [1.54, 1.807) is 35.1 Å². The highest BCUT2D eigenvalue weighted by Crippen LogP contribution is 2.35. The van der Waals surface area contributed by atoms with Crippen molar-refractivity contribution in [2.75, 3.05) is 0 Å². The Bertz CT molecular complexity index is 967. The Balaban J connectivity index is 1.94. The predicted molar refractivity (Wildman–Crippen MR) is 86.5 cm³/mol. The first-order valence-electron chi connectivity index (χ1n) is 7.39. The molecule has 8 nitrogen and oxygen atoms in total. The molecule has 120 valence electrons. The van der Waals surface area contributed by atoms with Gasteiger partial charge in [-0.15, -0.1) is 0 Å². The predicted octanol–water partition coefficient (Wildman–Crippen LogP) is 1.34. The van der Waals surface area contributed by atoms with E-state index in [0.717, 1.165) is 17.0 Å². The molecule has 3 aromatic rings. The lowest BCUT2D eigenvalue weighted by molar-refractivity contribution is 0.0688. The van der Waals surface area contributed by atoms with Crippen molar-refractivity contribution in [2.24, 2.45) is 5.73 Å². The van der Waals surface area contributed by atoms with Crippen molar-refractivity contribution in [1.29, 1.82) is 5.41 Å². The third-order valence-corrected chi connectivity index (χ3v) is 4.21. The maximum absolute atomic E-state index is 11.6. The number of carboxylic acid groups (broad SMARTS) is 1. The number of carboxylic acids is 1. The molecule has 0 atom stereocenters. The van der Waals surface area contributed by atoms with Crippen molar-refractivity contribution in [3.8, 4) is 16.9 Å². The van der Waals surface area contributed by atoms with Crippen LogP contribution in [0.1, 0.15) is 27.3 Å². The van der Waals surface area contributed by atoms with E-state index in [1.165, 1.54) is 0 Å². The van der Waals surface area contributed by atoms with Crippen LogP contribution in [-0.2, 0) is 12.8 Å².